The summed E-state index contributed by atoms with van der Waals surface area (Å²) in [6.07, 6.45) is 4.20. The van der Waals surface area contributed by atoms with Gasteiger partial charge >= 0.3 is 0 Å². The van der Waals surface area contributed by atoms with E-state index < -0.39 is 0 Å². The molecule has 148 valence electrons. The van der Waals surface area contributed by atoms with Crippen molar-refractivity contribution in [2.24, 2.45) is 13.0 Å². The first-order valence-electron chi connectivity index (χ1n) is 9.64. The van der Waals surface area contributed by atoms with Crippen LogP contribution < -0.4 is 10.9 Å². The van der Waals surface area contributed by atoms with Gasteiger partial charge in [0, 0.05) is 30.2 Å². The molecule has 0 saturated heterocycles. The molecule has 1 aromatic carbocycles. The van der Waals surface area contributed by atoms with Crippen molar-refractivity contribution in [3.8, 4) is 0 Å². The summed E-state index contributed by atoms with van der Waals surface area (Å²) in [7, 11) is 1.66. The number of aryl methyl sites for hydroxylation is 1. The summed E-state index contributed by atoms with van der Waals surface area (Å²) in [5, 5.41) is 12.8. The van der Waals surface area contributed by atoms with Crippen LogP contribution in [0.2, 0.25) is 0 Å². The van der Waals surface area contributed by atoms with E-state index in [0.717, 1.165) is 5.65 Å². The zero-order chi connectivity index (χ0) is 20.5. The lowest BCUT2D eigenvalue weighted by molar-refractivity contribution is 0.0930. The van der Waals surface area contributed by atoms with Crippen LogP contribution in [-0.2, 0) is 7.05 Å². The van der Waals surface area contributed by atoms with Crippen molar-refractivity contribution in [3.63, 3.8) is 0 Å². The molecule has 0 saturated carbocycles. The predicted molar refractivity (Wildman–Crippen MR) is 112 cm³/mol. The number of rotatable bonds is 5. The number of carbonyl (C=O) groups is 1. The SMILES string of the molecule is CC(C)CC(NC(=O)c1cn(C)c(=O)c2ccccc12)c1nnc2ccccn12. The Morgan fingerprint density at radius 1 is 1.07 bits per heavy atom. The minimum Gasteiger partial charge on any atom is -0.342 e. The third-order valence-corrected chi connectivity index (χ3v) is 5.00. The van der Waals surface area contributed by atoms with Gasteiger partial charge < -0.3 is 9.88 Å². The number of carbonyl (C=O) groups excluding carboxylic acids is 1. The molecule has 3 aromatic heterocycles. The molecule has 0 radical (unpaired) electrons. The maximum absolute atomic E-state index is 13.3. The van der Waals surface area contributed by atoms with Gasteiger partial charge in [-0.15, -0.1) is 10.2 Å². The maximum Gasteiger partial charge on any atom is 0.258 e. The number of benzene rings is 1. The van der Waals surface area contributed by atoms with Crippen molar-refractivity contribution in [2.45, 2.75) is 26.3 Å². The second-order valence-electron chi connectivity index (χ2n) is 7.65. The summed E-state index contributed by atoms with van der Waals surface area (Å²) in [6.45, 7) is 4.20. The van der Waals surface area contributed by atoms with Crippen LogP contribution in [0.3, 0.4) is 0 Å². The third kappa shape index (κ3) is 3.51. The topological polar surface area (TPSA) is 81.3 Å². The molecule has 1 atom stereocenters. The lowest BCUT2D eigenvalue weighted by Crippen LogP contribution is -2.32. The minimum atomic E-state index is -0.309. The molecule has 1 N–H and O–H groups in total. The van der Waals surface area contributed by atoms with Gasteiger partial charge in [-0.05, 0) is 30.5 Å². The van der Waals surface area contributed by atoms with E-state index in [4.69, 9.17) is 0 Å². The third-order valence-electron chi connectivity index (χ3n) is 5.00. The average Bonchev–Trinajstić information content (AvgIpc) is 3.14. The zero-order valence-electron chi connectivity index (χ0n) is 16.7. The molecule has 0 spiro atoms. The Morgan fingerprint density at radius 2 is 1.79 bits per heavy atom. The van der Waals surface area contributed by atoms with Gasteiger partial charge in [-0.25, -0.2) is 0 Å². The first-order chi connectivity index (χ1) is 14.0. The zero-order valence-corrected chi connectivity index (χ0v) is 16.7. The van der Waals surface area contributed by atoms with Crippen molar-refractivity contribution >= 4 is 22.3 Å². The summed E-state index contributed by atoms with van der Waals surface area (Å²) in [5.41, 5.74) is 1.07. The van der Waals surface area contributed by atoms with Crippen LogP contribution in [0, 0.1) is 5.92 Å². The van der Waals surface area contributed by atoms with Gasteiger partial charge in [0.05, 0.1) is 11.6 Å². The van der Waals surface area contributed by atoms with Crippen molar-refractivity contribution in [1.82, 2.24) is 24.5 Å². The number of hydrogen-bond donors (Lipinski definition) is 1. The number of aromatic nitrogens is 4. The normalized spacial score (nSPS) is 12.6. The fourth-order valence-corrected chi connectivity index (χ4v) is 3.63. The van der Waals surface area contributed by atoms with Gasteiger partial charge in [-0.1, -0.05) is 38.1 Å². The highest BCUT2D eigenvalue weighted by Crippen LogP contribution is 2.22. The summed E-state index contributed by atoms with van der Waals surface area (Å²) in [5.74, 6) is 0.792. The highest BCUT2D eigenvalue weighted by Gasteiger charge is 2.23. The van der Waals surface area contributed by atoms with Crippen molar-refractivity contribution in [2.75, 3.05) is 0 Å². The Kier molecular flexibility index (Phi) is 4.88. The Morgan fingerprint density at radius 3 is 2.55 bits per heavy atom. The van der Waals surface area contributed by atoms with Crippen LogP contribution in [0.1, 0.15) is 42.5 Å². The van der Waals surface area contributed by atoms with Crippen LogP contribution in [0.5, 0.6) is 0 Å². The van der Waals surface area contributed by atoms with Crippen molar-refractivity contribution in [3.05, 3.63) is 76.6 Å². The molecular formula is C22H23N5O2. The van der Waals surface area contributed by atoms with Crippen LogP contribution in [0.15, 0.2) is 59.7 Å². The van der Waals surface area contributed by atoms with E-state index in [9.17, 15) is 9.59 Å². The standard InChI is InChI=1S/C22H23N5O2/c1-14(2)12-18(20-25-24-19-10-6-7-11-27(19)20)23-21(28)17-13-26(3)22(29)16-9-5-4-8-15(16)17/h4-11,13-14,18H,12H2,1-3H3,(H,23,28). The minimum absolute atomic E-state index is 0.126. The number of amides is 1. The van der Waals surface area contributed by atoms with Crippen molar-refractivity contribution < 1.29 is 4.79 Å². The number of pyridine rings is 2. The van der Waals surface area contributed by atoms with Crippen LogP contribution in [0.25, 0.3) is 16.4 Å². The van der Waals surface area contributed by atoms with Gasteiger partial charge in [0.2, 0.25) is 0 Å². The largest absolute Gasteiger partial charge is 0.342 e. The molecule has 3 heterocycles. The van der Waals surface area contributed by atoms with Crippen LogP contribution in [0.4, 0.5) is 0 Å². The van der Waals surface area contributed by atoms with E-state index in [1.54, 1.807) is 31.4 Å². The molecule has 1 unspecified atom stereocenters. The highest BCUT2D eigenvalue weighted by atomic mass is 16.2. The number of hydrogen-bond acceptors (Lipinski definition) is 4. The fraction of sp³-hybridized carbons (Fsp3) is 0.273. The molecule has 0 aliphatic carbocycles. The summed E-state index contributed by atoms with van der Waals surface area (Å²) in [4.78, 5) is 25.7. The molecule has 29 heavy (non-hydrogen) atoms. The number of nitrogens with one attached hydrogen (secondary N) is 1. The monoisotopic (exact) mass is 389 g/mol. The average molecular weight is 389 g/mol. The molecule has 0 aliphatic rings. The second-order valence-corrected chi connectivity index (χ2v) is 7.65. The van der Waals surface area contributed by atoms with E-state index in [0.29, 0.717) is 34.5 Å². The Hall–Kier alpha value is -3.48. The number of fused-ring (bicyclic) bond motifs is 2. The molecule has 4 aromatic rings. The Bertz CT molecular complexity index is 1260. The van der Waals surface area contributed by atoms with E-state index >= 15 is 0 Å². The molecule has 4 rings (SSSR count). The van der Waals surface area contributed by atoms with Gasteiger partial charge in [-0.2, -0.15) is 0 Å². The summed E-state index contributed by atoms with van der Waals surface area (Å²) < 4.78 is 3.34. The van der Waals surface area contributed by atoms with Gasteiger partial charge in [0.25, 0.3) is 11.5 Å². The maximum atomic E-state index is 13.3. The second kappa shape index (κ2) is 7.50. The number of nitrogens with zero attached hydrogens (tertiary/aromatic N) is 4. The Balaban J connectivity index is 1.76. The smallest absolute Gasteiger partial charge is 0.258 e. The molecule has 7 heteroatoms. The molecular weight excluding hydrogens is 366 g/mol. The molecule has 0 aliphatic heterocycles. The predicted octanol–water partition coefficient (Wildman–Crippen LogP) is 3.10. The fourth-order valence-electron chi connectivity index (χ4n) is 3.63. The van der Waals surface area contributed by atoms with Gasteiger partial charge in [0.15, 0.2) is 11.5 Å². The first kappa shape index (κ1) is 18.9. The van der Waals surface area contributed by atoms with E-state index in [1.807, 2.05) is 34.9 Å². The van der Waals surface area contributed by atoms with Gasteiger partial charge in [0.1, 0.15) is 0 Å². The quantitative estimate of drug-likeness (QED) is 0.569. The lowest BCUT2D eigenvalue weighted by Gasteiger charge is -2.20. The van der Waals surface area contributed by atoms with Crippen molar-refractivity contribution in [1.29, 1.82) is 0 Å². The highest BCUT2D eigenvalue weighted by molar-refractivity contribution is 6.06. The summed E-state index contributed by atoms with van der Waals surface area (Å²) >= 11 is 0. The Labute approximate surface area is 168 Å². The van der Waals surface area contributed by atoms with E-state index in [2.05, 4.69) is 29.4 Å². The molecule has 1 amide bonds. The lowest BCUT2D eigenvalue weighted by atomic mass is 10.0. The van der Waals surface area contributed by atoms with Crippen LogP contribution >= 0.6 is 0 Å². The van der Waals surface area contributed by atoms with E-state index in [1.165, 1.54) is 4.57 Å². The molecule has 0 bridgehead atoms. The van der Waals surface area contributed by atoms with E-state index in [-0.39, 0.29) is 17.5 Å². The summed E-state index contributed by atoms with van der Waals surface area (Å²) in [6, 6.07) is 12.6. The van der Waals surface area contributed by atoms with Gasteiger partial charge in [-0.3, -0.25) is 14.0 Å². The first-order valence-corrected chi connectivity index (χ1v) is 9.64. The van der Waals surface area contributed by atoms with Crippen LogP contribution in [-0.4, -0.2) is 25.1 Å². The molecule has 7 nitrogen and oxygen atoms in total. The molecule has 0 fully saturated rings.